The number of halogens is 1. The zero-order chi connectivity index (χ0) is 26.6. The number of ether oxygens (including phenoxy) is 1. The molecule has 10 heteroatoms. The monoisotopic (exact) mass is 528 g/mol. The van der Waals surface area contributed by atoms with Crippen LogP contribution in [0.2, 0.25) is 0 Å². The van der Waals surface area contributed by atoms with Gasteiger partial charge in [-0.3, -0.25) is 14.4 Å². The molecule has 200 valence electrons. The van der Waals surface area contributed by atoms with Crippen molar-refractivity contribution < 1.29 is 14.1 Å². The fourth-order valence-corrected chi connectivity index (χ4v) is 5.03. The summed E-state index contributed by atoms with van der Waals surface area (Å²) >= 11 is 0. The normalized spacial score (nSPS) is 19.1. The summed E-state index contributed by atoms with van der Waals surface area (Å²) in [5.41, 5.74) is 3.56. The highest BCUT2D eigenvalue weighted by molar-refractivity contribution is 5.61. The molecule has 1 unspecified atom stereocenters. The maximum atomic E-state index is 13.5. The Hall–Kier alpha value is -4.18. The third-order valence-corrected chi connectivity index (χ3v) is 7.29. The topological polar surface area (TPSA) is 92.0 Å². The molecule has 4 aromatic rings. The van der Waals surface area contributed by atoms with Gasteiger partial charge in [0.2, 0.25) is 0 Å². The quantitative estimate of drug-likeness (QED) is 0.263. The molecule has 1 aliphatic heterocycles. The summed E-state index contributed by atoms with van der Waals surface area (Å²) in [6.45, 7) is 3.26. The molecule has 2 atom stereocenters. The molecule has 1 saturated heterocycles. The van der Waals surface area contributed by atoms with Crippen LogP contribution in [-0.2, 0) is 11.2 Å². The van der Waals surface area contributed by atoms with Crippen molar-refractivity contribution in [3.63, 3.8) is 0 Å². The second kappa shape index (κ2) is 11.3. The van der Waals surface area contributed by atoms with Gasteiger partial charge in [0.05, 0.1) is 37.0 Å². The van der Waals surface area contributed by atoms with Gasteiger partial charge in [0, 0.05) is 37.3 Å². The first-order valence-corrected chi connectivity index (χ1v) is 13.4. The molecule has 6 rings (SSSR count). The van der Waals surface area contributed by atoms with E-state index in [1.165, 1.54) is 17.7 Å². The van der Waals surface area contributed by atoms with E-state index in [-0.39, 0.29) is 11.4 Å². The van der Waals surface area contributed by atoms with Crippen LogP contribution < -0.4 is 15.5 Å². The number of anilines is 1. The van der Waals surface area contributed by atoms with E-state index < -0.39 is 0 Å². The van der Waals surface area contributed by atoms with Gasteiger partial charge in [0.15, 0.2) is 5.82 Å². The van der Waals surface area contributed by atoms with E-state index in [1.807, 2.05) is 47.5 Å². The first-order chi connectivity index (χ1) is 19.2. The number of aryl methyl sites for hydroxylation is 1. The van der Waals surface area contributed by atoms with Gasteiger partial charge < -0.3 is 9.64 Å². The highest BCUT2D eigenvalue weighted by atomic mass is 19.1. The minimum Gasteiger partial charge on any atom is -0.378 e. The number of nitrogens with zero attached hydrogens (tertiary/aromatic N) is 6. The predicted molar refractivity (Wildman–Crippen MR) is 145 cm³/mol. The largest absolute Gasteiger partial charge is 0.378 e. The molecule has 2 aliphatic rings. The van der Waals surface area contributed by atoms with E-state index in [0.29, 0.717) is 44.0 Å². The Morgan fingerprint density at radius 1 is 1.05 bits per heavy atom. The van der Waals surface area contributed by atoms with Gasteiger partial charge in [0.25, 0.3) is 5.56 Å². The average Bonchev–Trinajstić information content (AvgIpc) is 3.53. The van der Waals surface area contributed by atoms with Crippen LogP contribution in [0.5, 0.6) is 0 Å². The van der Waals surface area contributed by atoms with Crippen LogP contribution in [0.4, 0.5) is 10.2 Å². The third-order valence-electron chi connectivity index (χ3n) is 7.29. The number of benzene rings is 2. The van der Waals surface area contributed by atoms with Crippen molar-refractivity contribution in [1.82, 2.24) is 24.5 Å². The van der Waals surface area contributed by atoms with Gasteiger partial charge in [-0.25, -0.2) is 14.1 Å². The summed E-state index contributed by atoms with van der Waals surface area (Å²) in [4.78, 5) is 23.8. The number of nitrogens with one attached hydrogen (secondary N) is 1. The molecule has 2 aromatic carbocycles. The first-order valence-electron chi connectivity index (χ1n) is 13.4. The second-order valence-electron chi connectivity index (χ2n) is 9.98. The standard InChI is InChI=1S/C29H30FN7O2/c30-23-5-3-21(4-6-23)27-18-22(27)19-31-11-1-2-24-20-36(29(38)28(33-24)35-14-16-39-17-15-35)25-7-9-26(10-8-25)37-13-12-32-34-37/h3-10,12-13,19-20,22,27H,1-2,11,14-18H2/p+1/t22?,27-/m0/s1. The zero-order valence-electron chi connectivity index (χ0n) is 21.6. The Balaban J connectivity index is 1.15. The Kier molecular flexibility index (Phi) is 7.27. The maximum absolute atomic E-state index is 13.5. The molecule has 1 saturated carbocycles. The average molecular weight is 529 g/mol. The van der Waals surface area contributed by atoms with E-state index in [4.69, 9.17) is 9.72 Å². The number of rotatable bonds is 9. The second-order valence-corrected chi connectivity index (χ2v) is 9.98. The molecule has 2 aromatic heterocycles. The summed E-state index contributed by atoms with van der Waals surface area (Å²) in [6.07, 6.45) is 10.1. The van der Waals surface area contributed by atoms with Crippen molar-refractivity contribution in [1.29, 1.82) is 0 Å². The van der Waals surface area contributed by atoms with Crippen molar-refractivity contribution >= 4 is 12.0 Å². The zero-order valence-corrected chi connectivity index (χ0v) is 21.6. The Bertz CT molecular complexity index is 1480. The molecule has 0 spiro atoms. The molecule has 2 fully saturated rings. The van der Waals surface area contributed by atoms with Crippen molar-refractivity contribution in [2.75, 3.05) is 37.7 Å². The van der Waals surface area contributed by atoms with Crippen molar-refractivity contribution in [2.24, 2.45) is 5.92 Å². The molecule has 0 radical (unpaired) electrons. The van der Waals surface area contributed by atoms with Crippen LogP contribution in [0.15, 0.2) is 71.9 Å². The lowest BCUT2D eigenvalue weighted by atomic mass is 10.1. The van der Waals surface area contributed by atoms with Crippen LogP contribution >= 0.6 is 0 Å². The van der Waals surface area contributed by atoms with Gasteiger partial charge in [-0.2, -0.15) is 0 Å². The van der Waals surface area contributed by atoms with Gasteiger partial charge in [-0.05, 0) is 60.7 Å². The highest BCUT2D eigenvalue weighted by Crippen LogP contribution is 2.45. The molecule has 3 heterocycles. The third kappa shape index (κ3) is 5.80. The summed E-state index contributed by atoms with van der Waals surface area (Å²) in [5.74, 6) is 1.22. The van der Waals surface area contributed by atoms with Crippen LogP contribution in [0.3, 0.4) is 0 Å². The van der Waals surface area contributed by atoms with Crippen LogP contribution in [-0.4, -0.2) is 63.6 Å². The van der Waals surface area contributed by atoms with E-state index in [2.05, 4.69) is 21.5 Å². The number of aromatic nitrogens is 5. The molecule has 39 heavy (non-hydrogen) atoms. The summed E-state index contributed by atoms with van der Waals surface area (Å²) in [7, 11) is 0. The minimum absolute atomic E-state index is 0.138. The van der Waals surface area contributed by atoms with E-state index in [0.717, 1.165) is 42.9 Å². The number of morpholine rings is 1. The van der Waals surface area contributed by atoms with Crippen molar-refractivity contribution in [3.05, 3.63) is 94.5 Å². The molecule has 0 bridgehead atoms. The Morgan fingerprint density at radius 2 is 1.82 bits per heavy atom. The maximum Gasteiger partial charge on any atom is 0.298 e. The van der Waals surface area contributed by atoms with Gasteiger partial charge in [-0.15, -0.1) is 5.10 Å². The predicted octanol–water partition coefficient (Wildman–Crippen LogP) is 1.68. The van der Waals surface area contributed by atoms with E-state index >= 15 is 0 Å². The van der Waals surface area contributed by atoms with Crippen LogP contribution in [0, 0.1) is 11.7 Å². The van der Waals surface area contributed by atoms with Gasteiger partial charge in [0.1, 0.15) is 18.6 Å². The summed E-state index contributed by atoms with van der Waals surface area (Å²) in [5, 5.41) is 7.89. The van der Waals surface area contributed by atoms with E-state index in [1.54, 1.807) is 21.6 Å². The molecular weight excluding hydrogens is 497 g/mol. The van der Waals surface area contributed by atoms with Crippen LogP contribution in [0.1, 0.15) is 30.0 Å². The number of hydrogen-bond donors (Lipinski definition) is 1. The SMILES string of the molecule is O=c1c(N2CCOCC2)nc(CCC[NH+]=CC2C[C@H]2c2ccc(F)cc2)cn1-c1ccc(-n2ccnn2)cc1. The van der Waals surface area contributed by atoms with Gasteiger partial charge in [-0.1, -0.05) is 17.3 Å². The minimum atomic E-state index is -0.196. The molecular formula is C29H31FN7O2+. The lowest BCUT2D eigenvalue weighted by molar-refractivity contribution is -0.454. The van der Waals surface area contributed by atoms with Gasteiger partial charge >= 0.3 is 0 Å². The lowest BCUT2D eigenvalue weighted by Gasteiger charge is -2.28. The molecule has 1 N–H and O–H groups in total. The fourth-order valence-electron chi connectivity index (χ4n) is 5.03. The smallest absolute Gasteiger partial charge is 0.298 e. The first kappa shape index (κ1) is 25.1. The molecule has 9 nitrogen and oxygen atoms in total. The number of hydrogen-bond acceptors (Lipinski definition) is 6. The fraction of sp³-hybridized carbons (Fsp3) is 0.345. The van der Waals surface area contributed by atoms with Crippen molar-refractivity contribution in [2.45, 2.75) is 25.2 Å². The summed E-state index contributed by atoms with van der Waals surface area (Å²) in [6, 6.07) is 14.5. The van der Waals surface area contributed by atoms with E-state index in [9.17, 15) is 9.18 Å². The van der Waals surface area contributed by atoms with Crippen LogP contribution in [0.25, 0.3) is 11.4 Å². The Morgan fingerprint density at radius 3 is 2.56 bits per heavy atom. The lowest BCUT2D eigenvalue weighted by Crippen LogP contribution is -2.69. The summed E-state index contributed by atoms with van der Waals surface area (Å²) < 4.78 is 22.0. The molecule has 1 aliphatic carbocycles. The Labute approximate surface area is 225 Å². The van der Waals surface area contributed by atoms with Crippen molar-refractivity contribution in [3.8, 4) is 11.4 Å². The highest BCUT2D eigenvalue weighted by Gasteiger charge is 2.39. The molecule has 0 amide bonds.